The maximum Gasteiger partial charge on any atom is 0.126 e. The standard InChI is InChI=1S/C15H21FO2/c1-11-6-8-15(18,9-7-11)14(17)10-12-4-2-3-5-13(12)16/h2-5,11,14,17-18H,6-10H2,1H3. The molecule has 1 fully saturated rings. The molecule has 0 saturated heterocycles. The Bertz CT molecular complexity index is 397. The second-order valence-corrected chi connectivity index (χ2v) is 5.60. The third-order valence-electron chi connectivity index (χ3n) is 4.13. The highest BCUT2D eigenvalue weighted by atomic mass is 19.1. The first-order valence-electron chi connectivity index (χ1n) is 6.65. The van der Waals surface area contributed by atoms with Crippen LogP contribution in [0.25, 0.3) is 0 Å². The van der Waals surface area contributed by atoms with Gasteiger partial charge in [0.05, 0.1) is 11.7 Å². The van der Waals surface area contributed by atoms with Gasteiger partial charge in [-0.3, -0.25) is 0 Å². The van der Waals surface area contributed by atoms with E-state index in [-0.39, 0.29) is 12.2 Å². The van der Waals surface area contributed by atoms with E-state index in [0.717, 1.165) is 12.8 Å². The first kappa shape index (κ1) is 13.5. The molecular formula is C15H21FO2. The summed E-state index contributed by atoms with van der Waals surface area (Å²) in [6.45, 7) is 2.16. The van der Waals surface area contributed by atoms with Crippen molar-refractivity contribution in [2.45, 2.75) is 50.7 Å². The fraction of sp³-hybridized carbons (Fsp3) is 0.600. The largest absolute Gasteiger partial charge is 0.390 e. The van der Waals surface area contributed by atoms with Crippen molar-refractivity contribution < 1.29 is 14.6 Å². The molecule has 1 aliphatic carbocycles. The predicted octanol–water partition coefficient (Wildman–Crippen LogP) is 2.67. The number of benzene rings is 1. The fourth-order valence-corrected chi connectivity index (χ4v) is 2.66. The number of aliphatic hydroxyl groups excluding tert-OH is 1. The molecule has 2 rings (SSSR count). The van der Waals surface area contributed by atoms with Gasteiger partial charge < -0.3 is 10.2 Å². The van der Waals surface area contributed by atoms with Crippen molar-refractivity contribution in [2.75, 3.05) is 0 Å². The van der Waals surface area contributed by atoms with Gasteiger partial charge in [-0.2, -0.15) is 0 Å². The van der Waals surface area contributed by atoms with Crippen LogP contribution in [0.5, 0.6) is 0 Å². The predicted molar refractivity (Wildman–Crippen MR) is 68.7 cm³/mol. The van der Waals surface area contributed by atoms with E-state index >= 15 is 0 Å². The number of rotatable bonds is 3. The Hall–Kier alpha value is -0.930. The summed E-state index contributed by atoms with van der Waals surface area (Å²) in [4.78, 5) is 0. The van der Waals surface area contributed by atoms with Crippen LogP contribution in [0.3, 0.4) is 0 Å². The minimum atomic E-state index is -1.05. The average molecular weight is 252 g/mol. The average Bonchev–Trinajstić information content (AvgIpc) is 2.36. The summed E-state index contributed by atoms with van der Waals surface area (Å²) in [6, 6.07) is 6.42. The normalized spacial score (nSPS) is 30.1. The lowest BCUT2D eigenvalue weighted by Gasteiger charge is -2.38. The Balaban J connectivity index is 2.03. The molecule has 0 radical (unpaired) electrons. The van der Waals surface area contributed by atoms with Crippen molar-refractivity contribution >= 4 is 0 Å². The quantitative estimate of drug-likeness (QED) is 0.868. The fourth-order valence-electron chi connectivity index (χ4n) is 2.66. The Morgan fingerprint density at radius 1 is 1.33 bits per heavy atom. The third kappa shape index (κ3) is 2.90. The second kappa shape index (κ2) is 5.37. The zero-order valence-corrected chi connectivity index (χ0v) is 10.8. The number of aliphatic hydroxyl groups is 2. The zero-order valence-electron chi connectivity index (χ0n) is 10.8. The van der Waals surface area contributed by atoms with Crippen LogP contribution in [0, 0.1) is 11.7 Å². The van der Waals surface area contributed by atoms with Crippen LogP contribution in [0.1, 0.15) is 38.2 Å². The van der Waals surface area contributed by atoms with E-state index in [1.807, 2.05) is 0 Å². The smallest absolute Gasteiger partial charge is 0.126 e. The van der Waals surface area contributed by atoms with Gasteiger partial charge in [-0.1, -0.05) is 25.1 Å². The van der Waals surface area contributed by atoms with Crippen LogP contribution < -0.4 is 0 Å². The summed E-state index contributed by atoms with van der Waals surface area (Å²) >= 11 is 0. The molecule has 0 aromatic heterocycles. The molecule has 0 heterocycles. The summed E-state index contributed by atoms with van der Waals surface area (Å²) in [7, 11) is 0. The molecule has 1 aromatic rings. The van der Waals surface area contributed by atoms with Crippen molar-refractivity contribution in [2.24, 2.45) is 5.92 Å². The summed E-state index contributed by atoms with van der Waals surface area (Å²) in [6.07, 6.45) is 2.34. The highest BCUT2D eigenvalue weighted by molar-refractivity contribution is 5.19. The summed E-state index contributed by atoms with van der Waals surface area (Å²) < 4.78 is 13.5. The van der Waals surface area contributed by atoms with Crippen LogP contribution in [0.4, 0.5) is 4.39 Å². The monoisotopic (exact) mass is 252 g/mol. The van der Waals surface area contributed by atoms with E-state index in [2.05, 4.69) is 6.92 Å². The van der Waals surface area contributed by atoms with E-state index < -0.39 is 11.7 Å². The van der Waals surface area contributed by atoms with Gasteiger partial charge in [-0.25, -0.2) is 4.39 Å². The molecule has 1 aromatic carbocycles. The molecule has 2 N–H and O–H groups in total. The maximum absolute atomic E-state index is 13.5. The van der Waals surface area contributed by atoms with Crippen molar-refractivity contribution in [3.05, 3.63) is 35.6 Å². The highest BCUT2D eigenvalue weighted by Crippen LogP contribution is 2.35. The Morgan fingerprint density at radius 3 is 2.56 bits per heavy atom. The van der Waals surface area contributed by atoms with Crippen LogP contribution in [-0.2, 0) is 6.42 Å². The second-order valence-electron chi connectivity index (χ2n) is 5.60. The number of hydrogen-bond acceptors (Lipinski definition) is 2. The number of halogens is 1. The topological polar surface area (TPSA) is 40.5 Å². The molecule has 0 amide bonds. The SMILES string of the molecule is CC1CCC(O)(C(O)Cc2ccccc2F)CC1. The molecule has 2 nitrogen and oxygen atoms in total. The van der Waals surface area contributed by atoms with E-state index in [0.29, 0.717) is 24.3 Å². The van der Waals surface area contributed by atoms with Gasteiger partial charge in [0.25, 0.3) is 0 Å². The molecular weight excluding hydrogens is 231 g/mol. The number of hydrogen-bond donors (Lipinski definition) is 2. The lowest BCUT2D eigenvalue weighted by atomic mass is 9.75. The maximum atomic E-state index is 13.5. The van der Waals surface area contributed by atoms with Crippen molar-refractivity contribution in [3.8, 4) is 0 Å². The van der Waals surface area contributed by atoms with E-state index in [4.69, 9.17) is 0 Å². The van der Waals surface area contributed by atoms with Crippen molar-refractivity contribution in [3.63, 3.8) is 0 Å². The lowest BCUT2D eigenvalue weighted by Crippen LogP contribution is -2.46. The molecule has 100 valence electrons. The molecule has 1 saturated carbocycles. The first-order valence-corrected chi connectivity index (χ1v) is 6.65. The van der Waals surface area contributed by atoms with Gasteiger partial charge in [0, 0.05) is 6.42 Å². The third-order valence-corrected chi connectivity index (χ3v) is 4.13. The lowest BCUT2D eigenvalue weighted by molar-refractivity contribution is -0.102. The zero-order chi connectivity index (χ0) is 13.2. The van der Waals surface area contributed by atoms with Gasteiger partial charge in [0.2, 0.25) is 0 Å². The van der Waals surface area contributed by atoms with Gasteiger partial charge >= 0.3 is 0 Å². The summed E-state index contributed by atoms with van der Waals surface area (Å²) in [5.74, 6) is 0.287. The summed E-state index contributed by atoms with van der Waals surface area (Å²) in [5, 5.41) is 20.6. The van der Waals surface area contributed by atoms with Gasteiger partial charge in [-0.15, -0.1) is 0 Å². The van der Waals surface area contributed by atoms with Crippen LogP contribution in [0.15, 0.2) is 24.3 Å². The minimum Gasteiger partial charge on any atom is -0.390 e. The minimum absolute atomic E-state index is 0.178. The first-order chi connectivity index (χ1) is 8.51. The Labute approximate surface area is 107 Å². The van der Waals surface area contributed by atoms with Crippen molar-refractivity contribution in [1.29, 1.82) is 0 Å². The Morgan fingerprint density at radius 2 is 1.94 bits per heavy atom. The Kier molecular flexibility index (Phi) is 4.03. The summed E-state index contributed by atoms with van der Waals surface area (Å²) in [5.41, 5.74) is -0.577. The molecule has 18 heavy (non-hydrogen) atoms. The van der Waals surface area contributed by atoms with E-state index in [9.17, 15) is 14.6 Å². The molecule has 0 spiro atoms. The van der Waals surface area contributed by atoms with E-state index in [1.54, 1.807) is 18.2 Å². The van der Waals surface area contributed by atoms with E-state index in [1.165, 1.54) is 6.07 Å². The van der Waals surface area contributed by atoms with Crippen LogP contribution >= 0.6 is 0 Å². The molecule has 3 heteroatoms. The van der Waals surface area contributed by atoms with Crippen molar-refractivity contribution in [1.82, 2.24) is 0 Å². The highest BCUT2D eigenvalue weighted by Gasteiger charge is 2.38. The van der Waals surface area contributed by atoms with Crippen LogP contribution in [0.2, 0.25) is 0 Å². The molecule has 1 aliphatic rings. The van der Waals surface area contributed by atoms with Gasteiger partial charge in [0.15, 0.2) is 0 Å². The molecule has 1 atom stereocenters. The molecule has 0 aliphatic heterocycles. The van der Waals surface area contributed by atoms with Gasteiger partial charge in [0.1, 0.15) is 5.82 Å². The molecule has 0 bridgehead atoms. The van der Waals surface area contributed by atoms with Gasteiger partial charge in [-0.05, 0) is 43.2 Å². The van der Waals surface area contributed by atoms with Crippen LogP contribution in [-0.4, -0.2) is 21.9 Å². The molecule has 1 unspecified atom stereocenters.